The molecule has 0 fully saturated rings. The molecule has 0 bridgehead atoms. The van der Waals surface area contributed by atoms with Gasteiger partial charge in [-0.25, -0.2) is 18.4 Å². The second-order valence-electron chi connectivity index (χ2n) is 6.18. The molecule has 140 valence electrons. The lowest BCUT2D eigenvalue weighted by Crippen LogP contribution is -2.48. The van der Waals surface area contributed by atoms with Crippen LogP contribution in [-0.4, -0.2) is 43.1 Å². The van der Waals surface area contributed by atoms with E-state index >= 15 is 0 Å². The molecule has 0 aliphatic carbocycles. The predicted octanol–water partition coefficient (Wildman–Crippen LogP) is 1.61. The van der Waals surface area contributed by atoms with Gasteiger partial charge in [-0.15, -0.1) is 0 Å². The number of carbonyl (C=O) groups is 1. The zero-order chi connectivity index (χ0) is 19.3. The van der Waals surface area contributed by atoms with Crippen molar-refractivity contribution >= 4 is 21.6 Å². The maximum absolute atomic E-state index is 12.5. The average Bonchev–Trinajstić information content (AvgIpc) is 2.53. The normalized spacial score (nSPS) is 12.5. The Morgan fingerprint density at radius 2 is 1.73 bits per heavy atom. The van der Waals surface area contributed by atoms with Gasteiger partial charge >= 0.3 is 0 Å². The number of aryl methyl sites for hydroxylation is 2. The maximum Gasteiger partial charge on any atom is 0.243 e. The van der Waals surface area contributed by atoms with Crippen molar-refractivity contribution in [2.24, 2.45) is 0 Å². The van der Waals surface area contributed by atoms with Crippen molar-refractivity contribution in [2.45, 2.75) is 33.2 Å². The van der Waals surface area contributed by atoms with Gasteiger partial charge in [0.2, 0.25) is 15.9 Å². The van der Waals surface area contributed by atoms with Crippen molar-refractivity contribution < 1.29 is 13.2 Å². The van der Waals surface area contributed by atoms with E-state index < -0.39 is 16.1 Å². The second-order valence-corrected chi connectivity index (χ2v) is 8.04. The van der Waals surface area contributed by atoms with Crippen LogP contribution in [0.3, 0.4) is 0 Å². The van der Waals surface area contributed by atoms with Crippen LogP contribution < -0.4 is 9.62 Å². The van der Waals surface area contributed by atoms with E-state index in [-0.39, 0.29) is 5.91 Å². The summed E-state index contributed by atoms with van der Waals surface area (Å²) in [4.78, 5) is 21.1. The number of rotatable bonds is 7. The molecule has 1 amide bonds. The number of benzene rings is 1. The van der Waals surface area contributed by atoms with E-state index in [9.17, 15) is 13.2 Å². The molecule has 2 rings (SSSR count). The fourth-order valence-corrected chi connectivity index (χ4v) is 3.91. The molecular formula is C18H24N4O3S. The molecule has 26 heavy (non-hydrogen) atoms. The van der Waals surface area contributed by atoms with Crippen LogP contribution in [-0.2, 0) is 21.2 Å². The van der Waals surface area contributed by atoms with Gasteiger partial charge in [-0.1, -0.05) is 18.2 Å². The molecule has 0 radical (unpaired) electrons. The van der Waals surface area contributed by atoms with E-state index in [1.807, 2.05) is 19.9 Å². The minimum Gasteiger partial charge on any atom is -0.354 e. The molecule has 1 heterocycles. The van der Waals surface area contributed by atoms with Crippen LogP contribution >= 0.6 is 0 Å². The van der Waals surface area contributed by atoms with Crippen molar-refractivity contribution in [2.75, 3.05) is 17.1 Å². The van der Waals surface area contributed by atoms with Crippen LogP contribution in [0.5, 0.6) is 0 Å². The first-order valence-electron chi connectivity index (χ1n) is 8.32. The van der Waals surface area contributed by atoms with Gasteiger partial charge in [0.25, 0.3) is 0 Å². The van der Waals surface area contributed by atoms with Gasteiger partial charge in [0.05, 0.1) is 11.9 Å². The Kier molecular flexibility index (Phi) is 6.31. The highest BCUT2D eigenvalue weighted by Crippen LogP contribution is 2.20. The molecule has 1 aromatic heterocycles. The van der Waals surface area contributed by atoms with Crippen LogP contribution in [0.15, 0.2) is 36.4 Å². The number of nitrogens with one attached hydrogen (secondary N) is 1. The molecule has 2 aromatic rings. The van der Waals surface area contributed by atoms with Crippen molar-refractivity contribution in [1.82, 2.24) is 15.3 Å². The number of carbonyl (C=O) groups excluding carboxylic acids is 1. The quantitative estimate of drug-likeness (QED) is 0.792. The van der Waals surface area contributed by atoms with Crippen LogP contribution in [0, 0.1) is 13.8 Å². The Morgan fingerprint density at radius 1 is 1.15 bits per heavy atom. The summed E-state index contributed by atoms with van der Waals surface area (Å²) in [6.45, 7) is 5.68. The van der Waals surface area contributed by atoms with Gasteiger partial charge in [-0.3, -0.25) is 9.10 Å². The van der Waals surface area contributed by atoms with Crippen molar-refractivity contribution in [1.29, 1.82) is 0 Å². The maximum atomic E-state index is 12.5. The van der Waals surface area contributed by atoms with Crippen LogP contribution in [0.4, 0.5) is 5.69 Å². The lowest BCUT2D eigenvalue weighted by Gasteiger charge is -2.28. The zero-order valence-electron chi connectivity index (χ0n) is 15.4. The molecule has 1 atom stereocenters. The summed E-state index contributed by atoms with van der Waals surface area (Å²) in [6, 6.07) is 9.59. The van der Waals surface area contributed by atoms with Gasteiger partial charge in [-0.05, 0) is 39.0 Å². The summed E-state index contributed by atoms with van der Waals surface area (Å²) in [6.07, 6.45) is 1.57. The molecule has 1 N–H and O–H groups in total. The lowest BCUT2D eigenvalue weighted by molar-refractivity contribution is -0.121. The minimum atomic E-state index is -3.60. The topological polar surface area (TPSA) is 92.3 Å². The first-order chi connectivity index (χ1) is 12.2. The fourth-order valence-electron chi connectivity index (χ4n) is 2.74. The van der Waals surface area contributed by atoms with Gasteiger partial charge in [0.15, 0.2) is 0 Å². The molecule has 7 nitrogen and oxygen atoms in total. The summed E-state index contributed by atoms with van der Waals surface area (Å²) in [5.74, 6) is 0.280. The molecule has 0 aliphatic heterocycles. The summed E-state index contributed by atoms with van der Waals surface area (Å²) >= 11 is 0. The molecular weight excluding hydrogens is 352 g/mol. The third-order valence-electron chi connectivity index (χ3n) is 3.78. The smallest absolute Gasteiger partial charge is 0.243 e. The molecule has 0 saturated carbocycles. The number of nitrogens with zero attached hydrogens (tertiary/aromatic N) is 3. The molecule has 1 aromatic carbocycles. The lowest BCUT2D eigenvalue weighted by atomic mass is 10.2. The zero-order valence-corrected chi connectivity index (χ0v) is 16.2. The van der Waals surface area contributed by atoms with Crippen LogP contribution in [0.2, 0.25) is 0 Å². The Hall–Kier alpha value is -2.48. The monoisotopic (exact) mass is 376 g/mol. The Balaban J connectivity index is 2.05. The predicted molar refractivity (Wildman–Crippen MR) is 101 cm³/mol. The SMILES string of the molecule is Cc1cc(C)nc(CCNC(=O)[C@@H](C)N(c2ccccc2)S(C)(=O)=O)n1. The number of hydrogen-bond acceptors (Lipinski definition) is 5. The summed E-state index contributed by atoms with van der Waals surface area (Å²) in [5.41, 5.74) is 2.20. The molecule has 0 aliphatic rings. The number of anilines is 1. The third kappa shape index (κ3) is 5.26. The van der Waals surface area contributed by atoms with Crippen molar-refractivity contribution in [3.63, 3.8) is 0 Å². The highest BCUT2D eigenvalue weighted by atomic mass is 32.2. The van der Waals surface area contributed by atoms with E-state index in [1.54, 1.807) is 37.3 Å². The highest BCUT2D eigenvalue weighted by molar-refractivity contribution is 7.92. The number of hydrogen-bond donors (Lipinski definition) is 1. The highest BCUT2D eigenvalue weighted by Gasteiger charge is 2.28. The van der Waals surface area contributed by atoms with Gasteiger partial charge in [-0.2, -0.15) is 0 Å². The van der Waals surface area contributed by atoms with Gasteiger partial charge < -0.3 is 5.32 Å². The van der Waals surface area contributed by atoms with E-state index in [2.05, 4.69) is 15.3 Å². The van der Waals surface area contributed by atoms with E-state index in [0.29, 0.717) is 24.5 Å². The summed E-state index contributed by atoms with van der Waals surface area (Å²) in [5, 5.41) is 2.77. The van der Waals surface area contributed by atoms with Crippen molar-refractivity contribution in [3.8, 4) is 0 Å². The number of sulfonamides is 1. The minimum absolute atomic E-state index is 0.332. The van der Waals surface area contributed by atoms with Crippen molar-refractivity contribution in [3.05, 3.63) is 53.6 Å². The number of aromatic nitrogens is 2. The standard InChI is InChI=1S/C18H24N4O3S/c1-13-12-14(2)21-17(20-13)10-11-19-18(23)15(3)22(26(4,24)25)16-8-6-5-7-9-16/h5-9,12,15H,10-11H2,1-4H3,(H,19,23)/t15-/m1/s1. The van der Waals surface area contributed by atoms with Gasteiger partial charge in [0, 0.05) is 24.4 Å². The third-order valence-corrected chi connectivity index (χ3v) is 5.02. The second kappa shape index (κ2) is 8.27. The summed E-state index contributed by atoms with van der Waals surface area (Å²) < 4.78 is 25.5. The van der Waals surface area contributed by atoms with Crippen LogP contribution in [0.1, 0.15) is 24.1 Å². The Bertz CT molecular complexity index is 849. The molecule has 0 unspecified atom stereocenters. The fraction of sp³-hybridized carbons (Fsp3) is 0.389. The molecule has 0 spiro atoms. The Labute approximate surface area is 154 Å². The van der Waals surface area contributed by atoms with E-state index in [0.717, 1.165) is 21.9 Å². The first-order valence-corrected chi connectivity index (χ1v) is 10.2. The number of para-hydroxylation sites is 1. The molecule has 0 saturated heterocycles. The molecule has 8 heteroatoms. The largest absolute Gasteiger partial charge is 0.354 e. The Morgan fingerprint density at radius 3 is 2.27 bits per heavy atom. The van der Waals surface area contributed by atoms with E-state index in [4.69, 9.17) is 0 Å². The number of amides is 1. The van der Waals surface area contributed by atoms with Crippen LogP contribution in [0.25, 0.3) is 0 Å². The first kappa shape index (κ1) is 19.8. The van der Waals surface area contributed by atoms with E-state index in [1.165, 1.54) is 0 Å². The van der Waals surface area contributed by atoms with Gasteiger partial charge in [0.1, 0.15) is 11.9 Å². The average molecular weight is 376 g/mol. The summed E-state index contributed by atoms with van der Waals surface area (Å²) in [7, 11) is -3.60.